The molecule has 0 amide bonds. The van der Waals surface area contributed by atoms with Crippen LogP contribution in [0.25, 0.3) is 0 Å². The minimum atomic E-state index is -0.569. The van der Waals surface area contributed by atoms with Crippen molar-refractivity contribution in [2.24, 2.45) is 0 Å². The zero-order chi connectivity index (χ0) is 18.9. The number of nitrogens with zero attached hydrogens (tertiary/aromatic N) is 1. The van der Waals surface area contributed by atoms with Crippen LogP contribution in [0.4, 0.5) is 0 Å². The van der Waals surface area contributed by atoms with Crippen LogP contribution in [0.15, 0.2) is 18.2 Å². The Kier molecular flexibility index (Phi) is 3.31. The third kappa shape index (κ3) is 2.00. The van der Waals surface area contributed by atoms with E-state index in [2.05, 4.69) is 17.0 Å². The average molecular weight is 383 g/mol. The normalized spacial score (nSPS) is 23.8. The van der Waals surface area contributed by atoms with E-state index in [0.29, 0.717) is 17.9 Å². The molecule has 0 saturated heterocycles. The molecule has 4 aliphatic heterocycles. The molecule has 1 N–H and O–H groups in total. The molecule has 0 aliphatic carbocycles. The van der Waals surface area contributed by atoms with E-state index in [4.69, 9.17) is 23.7 Å². The largest absolute Gasteiger partial charge is 0.492 e. The molecule has 7 heteroatoms. The van der Waals surface area contributed by atoms with Crippen molar-refractivity contribution >= 4 is 0 Å². The number of methoxy groups -OCH3 is 1. The molecule has 0 bridgehead atoms. The lowest BCUT2D eigenvalue weighted by Gasteiger charge is -2.51. The molecule has 0 aromatic heterocycles. The summed E-state index contributed by atoms with van der Waals surface area (Å²) in [7, 11) is 1.65. The van der Waals surface area contributed by atoms with Crippen LogP contribution in [-0.4, -0.2) is 43.9 Å². The van der Waals surface area contributed by atoms with Gasteiger partial charge in [0, 0.05) is 18.7 Å². The maximum absolute atomic E-state index is 10.7. The van der Waals surface area contributed by atoms with Crippen LogP contribution in [0, 0.1) is 0 Å². The van der Waals surface area contributed by atoms with Gasteiger partial charge in [-0.25, -0.2) is 0 Å². The molecule has 6 rings (SSSR count). The maximum Gasteiger partial charge on any atom is 0.231 e. The third-order valence-electron chi connectivity index (χ3n) is 6.43. The monoisotopic (exact) mass is 383 g/mol. The molecule has 7 nitrogen and oxygen atoms in total. The lowest BCUT2D eigenvalue weighted by Crippen LogP contribution is -2.56. The van der Waals surface area contributed by atoms with Crippen molar-refractivity contribution in [1.82, 2.24) is 4.90 Å². The van der Waals surface area contributed by atoms with E-state index < -0.39 is 5.54 Å². The molecule has 0 spiro atoms. The number of rotatable bonds is 2. The van der Waals surface area contributed by atoms with Crippen LogP contribution in [0.5, 0.6) is 28.7 Å². The van der Waals surface area contributed by atoms with E-state index in [1.54, 1.807) is 7.11 Å². The highest BCUT2D eigenvalue weighted by atomic mass is 16.7. The van der Waals surface area contributed by atoms with E-state index in [0.717, 1.165) is 47.9 Å². The van der Waals surface area contributed by atoms with Crippen molar-refractivity contribution in [3.63, 3.8) is 0 Å². The van der Waals surface area contributed by atoms with Gasteiger partial charge in [-0.2, -0.15) is 0 Å². The predicted octanol–water partition coefficient (Wildman–Crippen LogP) is 1.95. The van der Waals surface area contributed by atoms with Crippen LogP contribution in [0.2, 0.25) is 0 Å². The minimum absolute atomic E-state index is 0.0100. The summed E-state index contributed by atoms with van der Waals surface area (Å²) in [5.74, 6) is 3.60. The van der Waals surface area contributed by atoms with Gasteiger partial charge < -0.3 is 28.8 Å². The smallest absolute Gasteiger partial charge is 0.231 e. The lowest BCUT2D eigenvalue weighted by molar-refractivity contribution is -0.000719. The Bertz CT molecular complexity index is 990. The Labute approximate surface area is 162 Å². The highest BCUT2D eigenvalue weighted by Gasteiger charge is 2.49. The second-order valence-corrected chi connectivity index (χ2v) is 7.69. The number of hydrogen-bond donors (Lipinski definition) is 1. The molecule has 1 unspecified atom stereocenters. The molecule has 2 aromatic carbocycles. The molecule has 4 heterocycles. The maximum atomic E-state index is 10.7. The standard InChI is InChI=1S/C21H21NO6/c1-24-20-18-12(4-17-19(20)28-11-27-17)2-3-22-8-14-6-16-15(25-10-26-16)5-13(14)7-21(18,22)9-23/h4-6,23H,2-3,7-11H2,1H3. The van der Waals surface area contributed by atoms with Gasteiger partial charge in [0.15, 0.2) is 23.0 Å². The lowest BCUT2D eigenvalue weighted by atomic mass is 9.73. The van der Waals surface area contributed by atoms with E-state index in [1.165, 1.54) is 11.1 Å². The van der Waals surface area contributed by atoms with Crippen LogP contribution in [0.1, 0.15) is 22.3 Å². The summed E-state index contributed by atoms with van der Waals surface area (Å²) in [6.07, 6.45) is 1.53. The molecular formula is C21H21NO6. The molecule has 146 valence electrons. The number of benzene rings is 2. The van der Waals surface area contributed by atoms with Gasteiger partial charge in [0.1, 0.15) is 0 Å². The first-order chi connectivity index (χ1) is 13.7. The summed E-state index contributed by atoms with van der Waals surface area (Å²) in [6.45, 7) is 2.03. The first kappa shape index (κ1) is 16.3. The summed E-state index contributed by atoms with van der Waals surface area (Å²) in [5.41, 5.74) is 3.98. The Balaban J connectivity index is 1.55. The molecular weight excluding hydrogens is 362 g/mol. The predicted molar refractivity (Wildman–Crippen MR) is 98.3 cm³/mol. The number of hydrogen-bond acceptors (Lipinski definition) is 7. The van der Waals surface area contributed by atoms with E-state index >= 15 is 0 Å². The van der Waals surface area contributed by atoms with Gasteiger partial charge in [0.2, 0.25) is 19.3 Å². The van der Waals surface area contributed by atoms with Gasteiger partial charge in [0.05, 0.1) is 19.3 Å². The second kappa shape index (κ2) is 5.68. The minimum Gasteiger partial charge on any atom is -0.492 e. The van der Waals surface area contributed by atoms with Crippen molar-refractivity contribution in [2.75, 3.05) is 33.8 Å². The topological polar surface area (TPSA) is 69.6 Å². The number of ether oxygens (including phenoxy) is 5. The van der Waals surface area contributed by atoms with Crippen molar-refractivity contribution in [2.45, 2.75) is 24.9 Å². The number of aliphatic hydroxyl groups excluding tert-OH is 1. The van der Waals surface area contributed by atoms with Crippen molar-refractivity contribution in [3.8, 4) is 28.7 Å². The Morgan fingerprint density at radius 3 is 2.50 bits per heavy atom. The quantitative estimate of drug-likeness (QED) is 0.850. The molecule has 0 saturated carbocycles. The Hall–Kier alpha value is -2.64. The van der Waals surface area contributed by atoms with Crippen molar-refractivity contribution in [3.05, 3.63) is 40.5 Å². The van der Waals surface area contributed by atoms with Crippen LogP contribution in [0.3, 0.4) is 0 Å². The van der Waals surface area contributed by atoms with Gasteiger partial charge in [-0.3, -0.25) is 4.90 Å². The number of fused-ring (bicyclic) bond motifs is 6. The molecule has 1 atom stereocenters. The highest BCUT2D eigenvalue weighted by molar-refractivity contribution is 5.64. The molecule has 0 radical (unpaired) electrons. The first-order valence-electron chi connectivity index (χ1n) is 9.51. The van der Waals surface area contributed by atoms with Crippen molar-refractivity contribution < 1.29 is 28.8 Å². The van der Waals surface area contributed by atoms with Gasteiger partial charge in [-0.1, -0.05) is 0 Å². The highest BCUT2D eigenvalue weighted by Crippen LogP contribution is 2.54. The molecule has 2 aromatic rings. The van der Waals surface area contributed by atoms with Gasteiger partial charge in [-0.15, -0.1) is 0 Å². The fourth-order valence-corrected chi connectivity index (χ4v) is 5.12. The SMILES string of the molecule is COc1c2c(cc3c1C1(CO)Cc4cc5c(cc4CN1CC3)OCO5)OCO2. The van der Waals surface area contributed by atoms with E-state index in [1.807, 2.05) is 6.07 Å². The second-order valence-electron chi connectivity index (χ2n) is 7.69. The first-order valence-corrected chi connectivity index (χ1v) is 9.51. The summed E-state index contributed by atoms with van der Waals surface area (Å²) < 4.78 is 28.3. The van der Waals surface area contributed by atoms with Gasteiger partial charge >= 0.3 is 0 Å². The fourth-order valence-electron chi connectivity index (χ4n) is 5.12. The fraction of sp³-hybridized carbons (Fsp3) is 0.429. The van der Waals surface area contributed by atoms with Crippen molar-refractivity contribution in [1.29, 1.82) is 0 Å². The zero-order valence-corrected chi connectivity index (χ0v) is 15.6. The van der Waals surface area contributed by atoms with Gasteiger partial charge in [-0.05, 0) is 47.7 Å². The summed E-state index contributed by atoms with van der Waals surface area (Å²) in [5, 5.41) is 10.7. The summed E-state index contributed by atoms with van der Waals surface area (Å²) in [4.78, 5) is 2.35. The third-order valence-corrected chi connectivity index (χ3v) is 6.43. The van der Waals surface area contributed by atoms with Crippen LogP contribution >= 0.6 is 0 Å². The Morgan fingerprint density at radius 2 is 1.71 bits per heavy atom. The summed E-state index contributed by atoms with van der Waals surface area (Å²) in [6, 6.07) is 6.18. The average Bonchev–Trinajstić information content (AvgIpc) is 3.37. The van der Waals surface area contributed by atoms with Crippen LogP contribution in [-0.2, 0) is 24.9 Å². The summed E-state index contributed by atoms with van der Waals surface area (Å²) >= 11 is 0. The van der Waals surface area contributed by atoms with Crippen LogP contribution < -0.4 is 23.7 Å². The number of aliphatic hydroxyl groups is 1. The zero-order valence-electron chi connectivity index (χ0n) is 15.6. The molecule has 28 heavy (non-hydrogen) atoms. The van der Waals surface area contributed by atoms with Gasteiger partial charge in [0.25, 0.3) is 0 Å². The molecule has 0 fully saturated rings. The van der Waals surface area contributed by atoms with E-state index in [9.17, 15) is 5.11 Å². The van der Waals surface area contributed by atoms with E-state index in [-0.39, 0.29) is 20.2 Å². The Morgan fingerprint density at radius 1 is 1.00 bits per heavy atom. The molecule has 4 aliphatic rings.